The topological polar surface area (TPSA) is 116 Å². The monoisotopic (exact) mass is 326 g/mol. The molecule has 0 aliphatic carbocycles. The third-order valence-corrected chi connectivity index (χ3v) is 4.08. The zero-order valence-electron chi connectivity index (χ0n) is 13.0. The Morgan fingerprint density at radius 2 is 1.91 bits per heavy atom. The van der Waals surface area contributed by atoms with Crippen LogP contribution in [0.25, 0.3) is 0 Å². The first kappa shape index (κ1) is 17.7. The quantitative estimate of drug-likeness (QED) is 0.613. The molecule has 1 aliphatic heterocycles. The normalized spacial score (nSPS) is 30.9. The van der Waals surface area contributed by atoms with Crippen molar-refractivity contribution in [1.29, 1.82) is 0 Å². The lowest BCUT2D eigenvalue weighted by Crippen LogP contribution is -2.53. The number of carboxylic acid groups (broad SMARTS) is 1. The number of benzene rings is 1. The van der Waals surface area contributed by atoms with Gasteiger partial charge in [0.25, 0.3) is 0 Å². The van der Waals surface area contributed by atoms with Gasteiger partial charge < -0.3 is 29.9 Å². The minimum atomic E-state index is -1.34. The van der Waals surface area contributed by atoms with Crippen molar-refractivity contribution >= 4 is 5.97 Å². The number of aliphatic carboxylic acids is 1. The zero-order chi connectivity index (χ0) is 17.1. The lowest BCUT2D eigenvalue weighted by molar-refractivity contribution is -0.219. The predicted octanol–water partition coefficient (Wildman–Crippen LogP) is 0.255. The van der Waals surface area contributed by atoms with Crippen LogP contribution in [0.3, 0.4) is 0 Å². The summed E-state index contributed by atoms with van der Waals surface area (Å²) in [6.07, 6.45) is -5.05. The molecule has 0 spiro atoms. The molecule has 0 aromatic heterocycles. The lowest BCUT2D eigenvalue weighted by atomic mass is 9.90. The number of aryl methyl sites for hydroxylation is 1. The Morgan fingerprint density at radius 1 is 1.22 bits per heavy atom. The van der Waals surface area contributed by atoms with E-state index in [0.717, 1.165) is 5.56 Å². The van der Waals surface area contributed by atoms with Crippen LogP contribution in [0.5, 0.6) is 5.75 Å². The maximum Gasteiger partial charge on any atom is 0.303 e. The van der Waals surface area contributed by atoms with Crippen LogP contribution in [-0.4, -0.2) is 57.9 Å². The Balaban J connectivity index is 2.32. The first-order chi connectivity index (χ1) is 10.8. The van der Waals surface area contributed by atoms with Crippen LogP contribution in [0.15, 0.2) is 18.2 Å². The van der Waals surface area contributed by atoms with Gasteiger partial charge in [0.2, 0.25) is 0 Å². The fraction of sp³-hybridized carbons (Fsp3) is 0.562. The summed E-state index contributed by atoms with van der Waals surface area (Å²) >= 11 is 0. The predicted molar refractivity (Wildman–Crippen MR) is 80.3 cm³/mol. The molecule has 1 aliphatic rings. The van der Waals surface area contributed by atoms with E-state index in [1.807, 2.05) is 0 Å². The molecule has 0 saturated carbocycles. The van der Waals surface area contributed by atoms with Gasteiger partial charge in [-0.3, -0.25) is 4.79 Å². The van der Waals surface area contributed by atoms with E-state index in [-0.39, 0.29) is 6.42 Å². The van der Waals surface area contributed by atoms with E-state index >= 15 is 0 Å². The van der Waals surface area contributed by atoms with Gasteiger partial charge in [0.15, 0.2) is 0 Å². The summed E-state index contributed by atoms with van der Waals surface area (Å²) in [6, 6.07) is 5.12. The van der Waals surface area contributed by atoms with E-state index in [9.17, 15) is 20.1 Å². The van der Waals surface area contributed by atoms with Crippen molar-refractivity contribution in [3.05, 3.63) is 29.3 Å². The average Bonchev–Trinajstić information content (AvgIpc) is 2.54. The molecular weight excluding hydrogens is 304 g/mol. The first-order valence-corrected chi connectivity index (χ1v) is 7.43. The van der Waals surface area contributed by atoms with Crippen LogP contribution in [0.1, 0.15) is 30.6 Å². The molecule has 7 nitrogen and oxygen atoms in total. The van der Waals surface area contributed by atoms with Gasteiger partial charge in [0, 0.05) is 12.0 Å². The summed E-state index contributed by atoms with van der Waals surface area (Å²) in [4.78, 5) is 10.7. The Hall–Kier alpha value is -1.67. The fourth-order valence-corrected chi connectivity index (χ4v) is 2.72. The smallest absolute Gasteiger partial charge is 0.303 e. The largest absolute Gasteiger partial charge is 0.496 e. The van der Waals surface area contributed by atoms with Gasteiger partial charge in [0.05, 0.1) is 13.2 Å². The molecule has 1 fully saturated rings. The highest BCUT2D eigenvalue weighted by Gasteiger charge is 2.43. The summed E-state index contributed by atoms with van der Waals surface area (Å²) in [7, 11) is 1.47. The van der Waals surface area contributed by atoms with Crippen molar-refractivity contribution in [2.24, 2.45) is 0 Å². The zero-order valence-corrected chi connectivity index (χ0v) is 13.0. The molecule has 1 heterocycles. The second kappa shape index (κ2) is 7.27. The summed E-state index contributed by atoms with van der Waals surface area (Å²) in [5.41, 5.74) is 1.27. The fourth-order valence-electron chi connectivity index (χ4n) is 2.72. The van der Waals surface area contributed by atoms with Crippen LogP contribution in [0.4, 0.5) is 0 Å². The van der Waals surface area contributed by atoms with Crippen molar-refractivity contribution < 1.29 is 34.7 Å². The SMILES string of the molecule is COc1ccc(CCC(=O)O)cc1[C@H]1O[C@@H](C)[C@@H](O)[C@@H](O)[C@@H]1O. The number of hydrogen-bond acceptors (Lipinski definition) is 6. The second-order valence-electron chi connectivity index (χ2n) is 5.70. The summed E-state index contributed by atoms with van der Waals surface area (Å²) in [5.74, 6) is -0.438. The van der Waals surface area contributed by atoms with Gasteiger partial charge in [-0.1, -0.05) is 6.07 Å². The highest BCUT2D eigenvalue weighted by atomic mass is 16.5. The van der Waals surface area contributed by atoms with E-state index in [0.29, 0.717) is 17.7 Å². The Bertz CT molecular complexity index is 559. The number of methoxy groups -OCH3 is 1. The number of rotatable bonds is 5. The van der Waals surface area contributed by atoms with Gasteiger partial charge in [-0.2, -0.15) is 0 Å². The van der Waals surface area contributed by atoms with Crippen LogP contribution in [0.2, 0.25) is 0 Å². The van der Waals surface area contributed by atoms with Gasteiger partial charge in [0.1, 0.15) is 30.2 Å². The first-order valence-electron chi connectivity index (χ1n) is 7.43. The van der Waals surface area contributed by atoms with E-state index < -0.39 is 36.5 Å². The highest BCUT2D eigenvalue weighted by molar-refractivity contribution is 5.67. The molecule has 1 saturated heterocycles. The molecule has 128 valence electrons. The number of aliphatic hydroxyl groups is 3. The maximum absolute atomic E-state index is 10.7. The summed E-state index contributed by atoms with van der Waals surface area (Å²) in [6.45, 7) is 1.60. The Kier molecular flexibility index (Phi) is 5.59. The summed E-state index contributed by atoms with van der Waals surface area (Å²) in [5, 5.41) is 38.7. The van der Waals surface area contributed by atoms with Crippen molar-refractivity contribution in [2.45, 2.75) is 50.3 Å². The molecule has 7 heteroatoms. The highest BCUT2D eigenvalue weighted by Crippen LogP contribution is 2.37. The van der Waals surface area contributed by atoms with Gasteiger partial charge >= 0.3 is 5.97 Å². The number of carboxylic acids is 1. The van der Waals surface area contributed by atoms with E-state index in [1.165, 1.54) is 7.11 Å². The average molecular weight is 326 g/mol. The Labute approximate surface area is 134 Å². The number of aliphatic hydroxyl groups excluding tert-OH is 3. The van der Waals surface area contributed by atoms with Crippen molar-refractivity contribution in [1.82, 2.24) is 0 Å². The standard InChI is InChI=1S/C16H22O7/c1-8-13(19)14(20)15(21)16(23-8)10-7-9(4-6-12(17)18)3-5-11(10)22-2/h3,5,7-8,13-16,19-21H,4,6H2,1-2H3,(H,17,18)/t8-,13+,14+,15-,16+/m0/s1. The lowest BCUT2D eigenvalue weighted by Gasteiger charge is -2.40. The molecule has 2 rings (SSSR count). The molecule has 1 aromatic carbocycles. The number of hydrogen-bond donors (Lipinski definition) is 4. The van der Waals surface area contributed by atoms with Gasteiger partial charge in [-0.25, -0.2) is 0 Å². The molecule has 0 bridgehead atoms. The molecular formula is C16H22O7. The van der Waals surface area contributed by atoms with Crippen LogP contribution < -0.4 is 4.74 Å². The minimum absolute atomic E-state index is 0.0163. The molecule has 23 heavy (non-hydrogen) atoms. The van der Waals surface area contributed by atoms with Crippen LogP contribution in [-0.2, 0) is 16.0 Å². The van der Waals surface area contributed by atoms with E-state index in [1.54, 1.807) is 25.1 Å². The number of carbonyl (C=O) groups is 1. The third kappa shape index (κ3) is 3.81. The number of ether oxygens (including phenoxy) is 2. The molecule has 1 aromatic rings. The maximum atomic E-state index is 10.7. The van der Waals surface area contributed by atoms with E-state index in [2.05, 4.69) is 0 Å². The summed E-state index contributed by atoms with van der Waals surface area (Å²) < 4.78 is 10.9. The molecule has 4 N–H and O–H groups in total. The van der Waals surface area contributed by atoms with Crippen molar-refractivity contribution in [2.75, 3.05) is 7.11 Å². The molecule has 0 radical (unpaired) electrons. The Morgan fingerprint density at radius 3 is 2.52 bits per heavy atom. The van der Waals surface area contributed by atoms with Crippen LogP contribution >= 0.6 is 0 Å². The molecule has 0 amide bonds. The minimum Gasteiger partial charge on any atom is -0.496 e. The van der Waals surface area contributed by atoms with Gasteiger partial charge in [-0.15, -0.1) is 0 Å². The molecule has 0 unspecified atom stereocenters. The second-order valence-corrected chi connectivity index (χ2v) is 5.70. The third-order valence-electron chi connectivity index (χ3n) is 4.08. The van der Waals surface area contributed by atoms with Crippen molar-refractivity contribution in [3.63, 3.8) is 0 Å². The van der Waals surface area contributed by atoms with E-state index in [4.69, 9.17) is 14.6 Å². The molecule has 5 atom stereocenters. The van der Waals surface area contributed by atoms with Gasteiger partial charge in [-0.05, 0) is 31.0 Å². The van der Waals surface area contributed by atoms with Crippen molar-refractivity contribution in [3.8, 4) is 5.75 Å². The van der Waals surface area contributed by atoms with Crippen LogP contribution in [0, 0.1) is 0 Å².